The van der Waals surface area contributed by atoms with Crippen LogP contribution in [0.25, 0.3) is 0 Å². The van der Waals surface area contributed by atoms with Crippen molar-refractivity contribution in [3.8, 4) is 0 Å². The molecule has 1 aliphatic carbocycles. The van der Waals surface area contributed by atoms with Gasteiger partial charge in [-0.2, -0.15) is 9.40 Å². The zero-order valence-corrected chi connectivity index (χ0v) is 15.9. The van der Waals surface area contributed by atoms with Crippen molar-refractivity contribution in [3.05, 3.63) is 34.5 Å². The van der Waals surface area contributed by atoms with E-state index in [0.717, 1.165) is 29.8 Å². The molecule has 2 aromatic heterocycles. The van der Waals surface area contributed by atoms with Gasteiger partial charge in [-0.1, -0.05) is 6.42 Å². The first kappa shape index (κ1) is 17.2. The Morgan fingerprint density at radius 3 is 2.72 bits per heavy atom. The molecule has 0 unspecified atom stereocenters. The van der Waals surface area contributed by atoms with E-state index < -0.39 is 16.1 Å². The first-order valence-electron chi connectivity index (χ1n) is 8.76. The summed E-state index contributed by atoms with van der Waals surface area (Å²) in [4.78, 5) is 0.990. The molecule has 1 aliphatic heterocycles. The number of aliphatic hydroxyl groups is 1. The SMILES string of the molecule is Cc1ccc(S(=O)(=O)N2CCCn3nc([C@@H](O)C4CCC4)cc3C2)s1. The van der Waals surface area contributed by atoms with E-state index in [1.165, 1.54) is 22.1 Å². The number of aromatic nitrogens is 2. The number of sulfonamides is 1. The van der Waals surface area contributed by atoms with Gasteiger partial charge in [0.25, 0.3) is 10.0 Å². The largest absolute Gasteiger partial charge is 0.386 e. The lowest BCUT2D eigenvalue weighted by molar-refractivity contribution is 0.0581. The average molecular weight is 382 g/mol. The Kier molecular flexibility index (Phi) is 4.47. The molecule has 0 radical (unpaired) electrons. The van der Waals surface area contributed by atoms with E-state index >= 15 is 0 Å². The van der Waals surface area contributed by atoms with Crippen molar-refractivity contribution in [1.29, 1.82) is 0 Å². The molecule has 3 heterocycles. The van der Waals surface area contributed by atoms with Gasteiger partial charge in [0.15, 0.2) is 0 Å². The molecule has 6 nitrogen and oxygen atoms in total. The lowest BCUT2D eigenvalue weighted by Gasteiger charge is -2.29. The van der Waals surface area contributed by atoms with Crippen molar-refractivity contribution in [2.45, 2.75) is 56.0 Å². The van der Waals surface area contributed by atoms with Gasteiger partial charge in [-0.3, -0.25) is 4.68 Å². The highest BCUT2D eigenvalue weighted by molar-refractivity contribution is 7.91. The molecule has 0 spiro atoms. The summed E-state index contributed by atoms with van der Waals surface area (Å²) < 4.78 is 29.7. The zero-order chi connectivity index (χ0) is 17.6. The van der Waals surface area contributed by atoms with Gasteiger partial charge in [0.1, 0.15) is 10.3 Å². The molecule has 0 bridgehead atoms. The monoisotopic (exact) mass is 381 g/mol. The molecule has 136 valence electrons. The maximum Gasteiger partial charge on any atom is 0.252 e. The van der Waals surface area contributed by atoms with Gasteiger partial charge in [0, 0.05) is 18.0 Å². The highest BCUT2D eigenvalue weighted by Gasteiger charge is 2.32. The van der Waals surface area contributed by atoms with Crippen molar-refractivity contribution in [1.82, 2.24) is 14.1 Å². The van der Waals surface area contributed by atoms with Gasteiger partial charge in [-0.05, 0) is 50.3 Å². The molecule has 2 aliphatic rings. The smallest absolute Gasteiger partial charge is 0.252 e. The third-order valence-corrected chi connectivity index (χ3v) is 8.52. The van der Waals surface area contributed by atoms with Crippen molar-refractivity contribution in [3.63, 3.8) is 0 Å². The Hall–Kier alpha value is -1.22. The first-order valence-corrected chi connectivity index (χ1v) is 11.0. The molecule has 1 atom stereocenters. The van der Waals surface area contributed by atoms with Crippen LogP contribution < -0.4 is 0 Å². The fourth-order valence-corrected chi connectivity index (χ4v) is 6.37. The van der Waals surface area contributed by atoms with Crippen LogP contribution in [0.2, 0.25) is 0 Å². The van der Waals surface area contributed by atoms with Crippen LogP contribution in [0.1, 0.15) is 48.1 Å². The fourth-order valence-electron chi connectivity index (χ4n) is 3.48. The van der Waals surface area contributed by atoms with Crippen molar-refractivity contribution in [2.24, 2.45) is 5.92 Å². The number of hydrogen-bond donors (Lipinski definition) is 1. The first-order chi connectivity index (χ1) is 11.9. The Morgan fingerprint density at radius 1 is 1.28 bits per heavy atom. The minimum absolute atomic E-state index is 0.299. The van der Waals surface area contributed by atoms with Gasteiger partial charge in [0.05, 0.1) is 17.9 Å². The summed E-state index contributed by atoms with van der Waals surface area (Å²) in [7, 11) is -3.48. The molecule has 2 aromatic rings. The van der Waals surface area contributed by atoms with Crippen LogP contribution >= 0.6 is 11.3 Å². The number of rotatable bonds is 4. The molecule has 1 fully saturated rings. The third-order valence-electron chi connectivity index (χ3n) is 5.21. The van der Waals surface area contributed by atoms with Crippen LogP contribution in [0, 0.1) is 12.8 Å². The molecular weight excluding hydrogens is 358 g/mol. The highest BCUT2D eigenvalue weighted by Crippen LogP contribution is 2.37. The molecule has 8 heteroatoms. The number of thiophene rings is 1. The third kappa shape index (κ3) is 3.16. The second kappa shape index (κ2) is 6.50. The Balaban J connectivity index is 1.59. The van der Waals surface area contributed by atoms with E-state index in [1.807, 2.05) is 23.7 Å². The van der Waals surface area contributed by atoms with Crippen molar-refractivity contribution >= 4 is 21.4 Å². The van der Waals surface area contributed by atoms with Crippen LogP contribution in [0.4, 0.5) is 0 Å². The van der Waals surface area contributed by atoms with Crippen molar-refractivity contribution < 1.29 is 13.5 Å². The number of nitrogens with zero attached hydrogens (tertiary/aromatic N) is 3. The molecule has 1 saturated carbocycles. The number of fused-ring (bicyclic) bond motifs is 1. The minimum Gasteiger partial charge on any atom is -0.386 e. The van der Waals surface area contributed by atoms with Crippen LogP contribution in [-0.4, -0.2) is 34.2 Å². The quantitative estimate of drug-likeness (QED) is 0.883. The van der Waals surface area contributed by atoms with Crippen LogP contribution in [-0.2, 0) is 23.1 Å². The van der Waals surface area contributed by atoms with Gasteiger partial charge < -0.3 is 5.11 Å². The zero-order valence-electron chi connectivity index (χ0n) is 14.3. The van der Waals surface area contributed by atoms with Gasteiger partial charge >= 0.3 is 0 Å². The Morgan fingerprint density at radius 2 is 2.08 bits per heavy atom. The summed E-state index contributed by atoms with van der Waals surface area (Å²) in [5, 5.41) is 15.0. The van der Waals surface area contributed by atoms with E-state index in [9.17, 15) is 13.5 Å². The van der Waals surface area contributed by atoms with E-state index in [-0.39, 0.29) is 0 Å². The summed E-state index contributed by atoms with van der Waals surface area (Å²) in [5.74, 6) is 0.299. The van der Waals surface area contributed by atoms with Gasteiger partial charge in [0.2, 0.25) is 0 Å². The summed E-state index contributed by atoms with van der Waals surface area (Å²) in [5.41, 5.74) is 1.55. The van der Waals surface area contributed by atoms with Gasteiger partial charge in [-0.15, -0.1) is 11.3 Å². The standard InChI is InChI=1S/C17H23N3O3S2/c1-12-6-7-16(24-12)25(22,23)19-8-3-9-20-14(11-19)10-15(18-20)17(21)13-4-2-5-13/h6-7,10,13,17,21H,2-5,8-9,11H2,1H3/t17-/m0/s1. The Labute approximate surface area is 152 Å². The van der Waals surface area contributed by atoms with Crippen LogP contribution in [0.15, 0.2) is 22.4 Å². The predicted octanol–water partition coefficient (Wildman–Crippen LogP) is 2.68. The molecule has 25 heavy (non-hydrogen) atoms. The number of aryl methyl sites for hydroxylation is 2. The lowest BCUT2D eigenvalue weighted by atomic mass is 9.80. The molecule has 0 saturated heterocycles. The topological polar surface area (TPSA) is 75.4 Å². The predicted molar refractivity (Wildman–Crippen MR) is 95.8 cm³/mol. The van der Waals surface area contributed by atoms with E-state index in [0.29, 0.717) is 35.5 Å². The summed E-state index contributed by atoms with van der Waals surface area (Å²) in [6.07, 6.45) is 3.44. The van der Waals surface area contributed by atoms with Gasteiger partial charge in [-0.25, -0.2) is 8.42 Å². The van der Waals surface area contributed by atoms with Crippen LogP contribution in [0.3, 0.4) is 0 Å². The van der Waals surface area contributed by atoms with E-state index in [1.54, 1.807) is 6.07 Å². The minimum atomic E-state index is -3.48. The normalized spacial score (nSPS) is 20.7. The molecule has 1 N–H and O–H groups in total. The maximum atomic E-state index is 12.9. The summed E-state index contributed by atoms with van der Waals surface area (Å²) in [6.45, 7) is 3.39. The average Bonchev–Trinajstić information content (AvgIpc) is 3.07. The molecule has 4 rings (SSSR count). The maximum absolute atomic E-state index is 12.9. The van der Waals surface area contributed by atoms with Crippen molar-refractivity contribution in [2.75, 3.05) is 6.54 Å². The molecule has 0 aromatic carbocycles. The highest BCUT2D eigenvalue weighted by atomic mass is 32.2. The lowest BCUT2D eigenvalue weighted by Crippen LogP contribution is -2.30. The second-order valence-electron chi connectivity index (χ2n) is 6.98. The van der Waals surface area contributed by atoms with Crippen LogP contribution in [0.5, 0.6) is 0 Å². The number of hydrogen-bond acceptors (Lipinski definition) is 5. The summed E-state index contributed by atoms with van der Waals surface area (Å²) in [6, 6.07) is 5.41. The summed E-state index contributed by atoms with van der Waals surface area (Å²) >= 11 is 1.31. The second-order valence-corrected chi connectivity index (χ2v) is 10.4. The number of aliphatic hydroxyl groups excluding tert-OH is 1. The van der Waals surface area contributed by atoms with E-state index in [2.05, 4.69) is 5.10 Å². The molecule has 0 amide bonds. The molecular formula is C17H23N3O3S2. The van der Waals surface area contributed by atoms with E-state index in [4.69, 9.17) is 0 Å². The Bertz CT molecular complexity index is 868. The fraction of sp³-hybridized carbons (Fsp3) is 0.588.